The molecule has 0 aliphatic heterocycles. The minimum atomic E-state index is 0.0596. The topological polar surface area (TPSA) is 65.3 Å². The first-order chi connectivity index (χ1) is 8.22. The Morgan fingerprint density at radius 1 is 1.41 bits per heavy atom. The first kappa shape index (κ1) is 10.1. The number of fused-ring (bicyclic) bond motifs is 1. The molecule has 1 heterocycles. The summed E-state index contributed by atoms with van der Waals surface area (Å²) in [5.41, 5.74) is 2.89. The molecule has 5 nitrogen and oxygen atoms in total. The summed E-state index contributed by atoms with van der Waals surface area (Å²) in [7, 11) is 1.80. The van der Waals surface area contributed by atoms with Crippen LogP contribution < -0.4 is 11.5 Å². The van der Waals surface area contributed by atoms with Crippen LogP contribution in [-0.2, 0) is 7.05 Å². The quantitative estimate of drug-likeness (QED) is 0.474. The third-order valence-electron chi connectivity index (χ3n) is 3.25. The average molecular weight is 230 g/mol. The van der Waals surface area contributed by atoms with Gasteiger partial charge in [-0.15, -0.1) is 0 Å². The summed E-state index contributed by atoms with van der Waals surface area (Å²) in [6.45, 7) is 0. The van der Waals surface area contributed by atoms with Crippen molar-refractivity contribution < 1.29 is 0 Å². The highest BCUT2D eigenvalue weighted by molar-refractivity contribution is 5.87. The number of benzene rings is 1. The lowest BCUT2D eigenvalue weighted by atomic mass is 10.2. The minimum Gasteiger partial charge on any atom is -0.323 e. The van der Waals surface area contributed by atoms with E-state index in [1.165, 1.54) is 0 Å². The van der Waals surface area contributed by atoms with Gasteiger partial charge in [-0.25, -0.2) is 4.79 Å². The Bertz CT molecular complexity index is 661. The van der Waals surface area contributed by atoms with Crippen molar-refractivity contribution in [3.05, 3.63) is 34.2 Å². The zero-order valence-electron chi connectivity index (χ0n) is 9.63. The number of rotatable bonds is 2. The Kier molecular flexibility index (Phi) is 2.07. The molecule has 1 aliphatic carbocycles. The van der Waals surface area contributed by atoms with Gasteiger partial charge in [0.1, 0.15) is 0 Å². The van der Waals surface area contributed by atoms with Crippen molar-refractivity contribution in [2.24, 2.45) is 18.0 Å². The molecular formula is C12H14N4O. The molecule has 0 bridgehead atoms. The number of hydrazone groups is 1. The third kappa shape index (κ3) is 1.46. The number of hydrogen-bond donors (Lipinski definition) is 1. The smallest absolute Gasteiger partial charge is 0.323 e. The second-order valence-electron chi connectivity index (χ2n) is 4.47. The zero-order valence-corrected chi connectivity index (χ0v) is 9.63. The lowest BCUT2D eigenvalue weighted by Crippen LogP contribution is -2.21. The van der Waals surface area contributed by atoms with Crippen molar-refractivity contribution >= 4 is 17.2 Å². The largest absolute Gasteiger partial charge is 0.329 e. The SMILES string of the molecule is Cn1c(=O)n(C2CC2)c2ccc(C=NN)cc21. The number of hydrogen-bond acceptors (Lipinski definition) is 3. The van der Waals surface area contributed by atoms with Crippen LogP contribution in [0, 0.1) is 0 Å². The molecule has 2 aromatic rings. The molecule has 88 valence electrons. The minimum absolute atomic E-state index is 0.0596. The van der Waals surface area contributed by atoms with Crippen LogP contribution >= 0.6 is 0 Å². The molecule has 1 aliphatic rings. The molecule has 17 heavy (non-hydrogen) atoms. The van der Waals surface area contributed by atoms with Crippen molar-refractivity contribution in [3.63, 3.8) is 0 Å². The highest BCUT2D eigenvalue weighted by Crippen LogP contribution is 2.36. The summed E-state index contributed by atoms with van der Waals surface area (Å²) >= 11 is 0. The van der Waals surface area contributed by atoms with E-state index in [1.807, 2.05) is 22.8 Å². The van der Waals surface area contributed by atoms with Gasteiger partial charge in [0.05, 0.1) is 17.2 Å². The standard InChI is InChI=1S/C12H14N4O/c1-15-11-6-8(7-14-13)2-5-10(11)16(12(15)17)9-3-4-9/h2,5-7,9H,3-4,13H2,1H3. The number of nitrogens with zero attached hydrogens (tertiary/aromatic N) is 3. The molecule has 0 atom stereocenters. The number of aromatic nitrogens is 2. The van der Waals surface area contributed by atoms with Gasteiger partial charge in [-0.05, 0) is 30.5 Å². The van der Waals surface area contributed by atoms with Crippen LogP contribution in [0.1, 0.15) is 24.4 Å². The van der Waals surface area contributed by atoms with Gasteiger partial charge in [0.15, 0.2) is 0 Å². The van der Waals surface area contributed by atoms with Crippen LogP contribution in [0.3, 0.4) is 0 Å². The second-order valence-corrected chi connectivity index (χ2v) is 4.47. The normalized spacial score (nSPS) is 16.1. The first-order valence-corrected chi connectivity index (χ1v) is 5.66. The molecule has 5 heteroatoms. The van der Waals surface area contributed by atoms with E-state index in [0.717, 1.165) is 29.4 Å². The van der Waals surface area contributed by atoms with Crippen molar-refractivity contribution in [1.29, 1.82) is 0 Å². The Morgan fingerprint density at radius 3 is 2.82 bits per heavy atom. The summed E-state index contributed by atoms with van der Waals surface area (Å²) < 4.78 is 3.57. The maximum absolute atomic E-state index is 12.1. The van der Waals surface area contributed by atoms with Gasteiger partial charge < -0.3 is 5.84 Å². The average Bonchev–Trinajstić information content (AvgIpc) is 3.11. The molecule has 1 saturated carbocycles. The molecule has 1 fully saturated rings. The summed E-state index contributed by atoms with van der Waals surface area (Å²) in [6.07, 6.45) is 3.79. The lowest BCUT2D eigenvalue weighted by Gasteiger charge is -1.99. The predicted octanol–water partition coefficient (Wildman–Crippen LogP) is 0.967. The number of nitrogens with two attached hydrogens (primary N) is 1. The van der Waals surface area contributed by atoms with Crippen LogP contribution in [0.25, 0.3) is 11.0 Å². The Labute approximate surface area is 98.1 Å². The van der Waals surface area contributed by atoms with Gasteiger partial charge in [-0.1, -0.05) is 6.07 Å². The zero-order chi connectivity index (χ0) is 12.0. The molecule has 0 amide bonds. The number of aryl methyl sites for hydroxylation is 1. The Balaban J connectivity index is 2.31. The molecule has 0 saturated heterocycles. The van der Waals surface area contributed by atoms with Crippen LogP contribution in [0.5, 0.6) is 0 Å². The second kappa shape index (κ2) is 3.48. The van der Waals surface area contributed by atoms with E-state index in [9.17, 15) is 4.79 Å². The Morgan fingerprint density at radius 2 is 2.18 bits per heavy atom. The molecule has 3 rings (SSSR count). The van der Waals surface area contributed by atoms with Gasteiger partial charge in [0, 0.05) is 13.1 Å². The Hall–Kier alpha value is -2.04. The van der Waals surface area contributed by atoms with E-state index in [1.54, 1.807) is 17.8 Å². The summed E-state index contributed by atoms with van der Waals surface area (Å²) in [4.78, 5) is 12.1. The van der Waals surface area contributed by atoms with E-state index in [0.29, 0.717) is 6.04 Å². The highest BCUT2D eigenvalue weighted by atomic mass is 16.1. The van der Waals surface area contributed by atoms with E-state index < -0.39 is 0 Å². The summed E-state index contributed by atoms with van der Waals surface area (Å²) in [6, 6.07) is 6.22. The molecule has 1 aromatic heterocycles. The van der Waals surface area contributed by atoms with Crippen LogP contribution in [0.2, 0.25) is 0 Å². The van der Waals surface area contributed by atoms with Crippen LogP contribution in [-0.4, -0.2) is 15.3 Å². The number of imidazole rings is 1. The summed E-state index contributed by atoms with van der Waals surface area (Å²) in [5, 5.41) is 3.50. The van der Waals surface area contributed by atoms with Crippen molar-refractivity contribution in [2.75, 3.05) is 0 Å². The monoisotopic (exact) mass is 230 g/mol. The van der Waals surface area contributed by atoms with Crippen LogP contribution in [0.4, 0.5) is 0 Å². The van der Waals surface area contributed by atoms with Gasteiger partial charge in [0.2, 0.25) is 0 Å². The summed E-state index contributed by atoms with van der Waals surface area (Å²) in [5.74, 6) is 5.13. The molecule has 2 N–H and O–H groups in total. The predicted molar refractivity (Wildman–Crippen MR) is 67.2 cm³/mol. The van der Waals surface area contributed by atoms with Crippen molar-refractivity contribution in [2.45, 2.75) is 18.9 Å². The molecule has 1 aromatic carbocycles. The van der Waals surface area contributed by atoms with Gasteiger partial charge >= 0.3 is 5.69 Å². The highest BCUT2D eigenvalue weighted by Gasteiger charge is 2.28. The fourth-order valence-corrected chi connectivity index (χ4v) is 2.23. The third-order valence-corrected chi connectivity index (χ3v) is 3.25. The van der Waals surface area contributed by atoms with Crippen LogP contribution in [0.15, 0.2) is 28.1 Å². The van der Waals surface area contributed by atoms with Gasteiger partial charge in [-0.2, -0.15) is 5.10 Å². The van der Waals surface area contributed by atoms with E-state index >= 15 is 0 Å². The maximum Gasteiger partial charge on any atom is 0.329 e. The molecule has 0 spiro atoms. The van der Waals surface area contributed by atoms with E-state index in [2.05, 4.69) is 5.10 Å². The van der Waals surface area contributed by atoms with E-state index in [-0.39, 0.29) is 5.69 Å². The van der Waals surface area contributed by atoms with E-state index in [4.69, 9.17) is 5.84 Å². The van der Waals surface area contributed by atoms with Gasteiger partial charge in [-0.3, -0.25) is 9.13 Å². The molecule has 0 radical (unpaired) electrons. The lowest BCUT2D eigenvalue weighted by molar-refractivity contribution is 0.696. The molecule has 0 unspecified atom stereocenters. The van der Waals surface area contributed by atoms with Gasteiger partial charge in [0.25, 0.3) is 0 Å². The van der Waals surface area contributed by atoms with Crippen molar-refractivity contribution in [3.8, 4) is 0 Å². The van der Waals surface area contributed by atoms with Crippen molar-refractivity contribution in [1.82, 2.24) is 9.13 Å². The molecular weight excluding hydrogens is 216 g/mol. The fourth-order valence-electron chi connectivity index (χ4n) is 2.23. The fraction of sp³-hybridized carbons (Fsp3) is 0.333. The maximum atomic E-state index is 12.1. The first-order valence-electron chi connectivity index (χ1n) is 5.66.